The molecule has 0 radical (unpaired) electrons. The number of hydrogen-bond acceptors (Lipinski definition) is 3. The number of fused-ring (bicyclic) bond motifs is 1. The van der Waals surface area contributed by atoms with Gasteiger partial charge in [-0.2, -0.15) is 0 Å². The third-order valence-corrected chi connectivity index (χ3v) is 3.56. The van der Waals surface area contributed by atoms with E-state index >= 15 is 0 Å². The van der Waals surface area contributed by atoms with Gasteiger partial charge in [-0.15, -0.1) is 0 Å². The summed E-state index contributed by atoms with van der Waals surface area (Å²) in [6.07, 6.45) is 4.71. The van der Waals surface area contributed by atoms with E-state index in [2.05, 4.69) is 6.07 Å². The predicted molar refractivity (Wildman–Crippen MR) is 64.1 cm³/mol. The molecule has 0 spiro atoms. The van der Waals surface area contributed by atoms with E-state index in [-0.39, 0.29) is 0 Å². The molecule has 0 aromatic heterocycles. The van der Waals surface area contributed by atoms with E-state index in [0.29, 0.717) is 24.9 Å². The number of ether oxygens (including phenoxy) is 3. The highest BCUT2D eigenvalue weighted by atomic mass is 16.6. The molecule has 0 N–H and O–H groups in total. The molecule has 0 unspecified atom stereocenters. The van der Waals surface area contributed by atoms with Gasteiger partial charge in [0.2, 0.25) is 0 Å². The van der Waals surface area contributed by atoms with Crippen LogP contribution in [0.5, 0.6) is 5.75 Å². The van der Waals surface area contributed by atoms with E-state index in [1.165, 1.54) is 12.8 Å². The van der Waals surface area contributed by atoms with Crippen molar-refractivity contribution in [1.29, 1.82) is 0 Å². The summed E-state index contributed by atoms with van der Waals surface area (Å²) in [7, 11) is 1.68. The fourth-order valence-corrected chi connectivity index (χ4v) is 2.54. The first-order valence-electron chi connectivity index (χ1n) is 6.27. The monoisotopic (exact) mass is 234 g/mol. The first-order valence-corrected chi connectivity index (χ1v) is 6.27. The smallest absolute Gasteiger partial charge is 0.119 e. The van der Waals surface area contributed by atoms with E-state index in [0.717, 1.165) is 17.7 Å². The second kappa shape index (κ2) is 4.67. The maximum Gasteiger partial charge on any atom is 0.119 e. The molecule has 3 heteroatoms. The maximum absolute atomic E-state index is 5.94. The topological polar surface area (TPSA) is 31.0 Å². The standard InChI is InChI=1S/C14H18O3/c1-15-11-5-2-4-10(8-11)9-16-12-6-3-7-13-14(12)17-13/h2,4-5,8,12-14H,3,6-7,9H2,1H3/t12-,13+,14+/m0/s1. The van der Waals surface area contributed by atoms with Crippen molar-refractivity contribution in [3.8, 4) is 5.75 Å². The fourth-order valence-electron chi connectivity index (χ4n) is 2.54. The van der Waals surface area contributed by atoms with Crippen molar-refractivity contribution < 1.29 is 14.2 Å². The summed E-state index contributed by atoms with van der Waals surface area (Å²) < 4.78 is 16.7. The van der Waals surface area contributed by atoms with Crippen molar-refractivity contribution >= 4 is 0 Å². The molecule has 3 atom stereocenters. The Labute approximate surface area is 102 Å². The fraction of sp³-hybridized carbons (Fsp3) is 0.571. The molecule has 1 aromatic rings. The second-order valence-corrected chi connectivity index (χ2v) is 4.77. The van der Waals surface area contributed by atoms with Crippen LogP contribution in [-0.4, -0.2) is 25.4 Å². The Morgan fingerprint density at radius 1 is 1.35 bits per heavy atom. The van der Waals surface area contributed by atoms with Gasteiger partial charge in [0.1, 0.15) is 11.9 Å². The Kier molecular flexibility index (Phi) is 3.04. The van der Waals surface area contributed by atoms with Gasteiger partial charge < -0.3 is 14.2 Å². The third kappa shape index (κ3) is 2.45. The summed E-state index contributed by atoms with van der Waals surface area (Å²) in [5, 5.41) is 0. The average molecular weight is 234 g/mol. The van der Waals surface area contributed by atoms with E-state index in [4.69, 9.17) is 14.2 Å². The molecule has 1 aromatic carbocycles. The van der Waals surface area contributed by atoms with Gasteiger partial charge in [-0.1, -0.05) is 12.1 Å². The van der Waals surface area contributed by atoms with Crippen molar-refractivity contribution in [2.75, 3.05) is 7.11 Å². The number of epoxide rings is 1. The summed E-state index contributed by atoms with van der Waals surface area (Å²) in [4.78, 5) is 0. The van der Waals surface area contributed by atoms with Gasteiger partial charge in [0, 0.05) is 0 Å². The molecular formula is C14H18O3. The summed E-state index contributed by atoms with van der Waals surface area (Å²) >= 11 is 0. The van der Waals surface area contributed by atoms with Crippen LogP contribution in [0.25, 0.3) is 0 Å². The molecule has 17 heavy (non-hydrogen) atoms. The van der Waals surface area contributed by atoms with E-state index in [1.54, 1.807) is 7.11 Å². The molecule has 1 saturated carbocycles. The van der Waals surface area contributed by atoms with Crippen LogP contribution in [0.2, 0.25) is 0 Å². The van der Waals surface area contributed by atoms with Gasteiger partial charge in [-0.05, 0) is 37.0 Å². The summed E-state index contributed by atoms with van der Waals surface area (Å²) in [5.41, 5.74) is 1.16. The molecule has 0 amide bonds. The Morgan fingerprint density at radius 3 is 3.18 bits per heavy atom. The Balaban J connectivity index is 1.56. The molecule has 3 rings (SSSR count). The van der Waals surface area contributed by atoms with Crippen LogP contribution in [0, 0.1) is 0 Å². The van der Waals surface area contributed by atoms with Crippen LogP contribution in [0.15, 0.2) is 24.3 Å². The van der Waals surface area contributed by atoms with Gasteiger partial charge in [0.05, 0.1) is 25.9 Å². The molecule has 1 aliphatic heterocycles. The van der Waals surface area contributed by atoms with Crippen LogP contribution in [0.4, 0.5) is 0 Å². The minimum absolute atomic E-state index is 0.292. The normalized spacial score (nSPS) is 30.8. The van der Waals surface area contributed by atoms with Crippen LogP contribution in [0.1, 0.15) is 24.8 Å². The maximum atomic E-state index is 5.94. The average Bonchev–Trinajstić information content (AvgIpc) is 3.16. The SMILES string of the molecule is COc1cccc(CO[C@H]2CCC[C@H]3O[C@H]23)c1. The minimum atomic E-state index is 0.292. The van der Waals surface area contributed by atoms with Crippen molar-refractivity contribution in [1.82, 2.24) is 0 Å². The summed E-state index contributed by atoms with van der Waals surface area (Å²) in [6.45, 7) is 0.647. The lowest BCUT2D eigenvalue weighted by atomic mass is 9.98. The largest absolute Gasteiger partial charge is 0.497 e. The molecule has 0 bridgehead atoms. The van der Waals surface area contributed by atoms with Crippen LogP contribution in [-0.2, 0) is 16.1 Å². The molecule has 1 heterocycles. The van der Waals surface area contributed by atoms with Gasteiger partial charge in [-0.3, -0.25) is 0 Å². The number of methoxy groups -OCH3 is 1. The highest BCUT2D eigenvalue weighted by Crippen LogP contribution is 2.38. The molecule has 1 saturated heterocycles. The van der Waals surface area contributed by atoms with Crippen molar-refractivity contribution in [3.63, 3.8) is 0 Å². The van der Waals surface area contributed by atoms with Crippen LogP contribution in [0.3, 0.4) is 0 Å². The molecule has 92 valence electrons. The Bertz CT molecular complexity index is 391. The quantitative estimate of drug-likeness (QED) is 0.750. The molecule has 1 aliphatic carbocycles. The summed E-state index contributed by atoms with van der Waals surface area (Å²) in [5.74, 6) is 0.885. The van der Waals surface area contributed by atoms with Crippen LogP contribution < -0.4 is 4.74 Å². The van der Waals surface area contributed by atoms with Crippen molar-refractivity contribution in [3.05, 3.63) is 29.8 Å². The highest BCUT2D eigenvalue weighted by molar-refractivity contribution is 5.27. The molecule has 3 nitrogen and oxygen atoms in total. The highest BCUT2D eigenvalue weighted by Gasteiger charge is 2.47. The zero-order valence-electron chi connectivity index (χ0n) is 10.1. The zero-order chi connectivity index (χ0) is 11.7. The van der Waals surface area contributed by atoms with E-state index in [9.17, 15) is 0 Å². The van der Waals surface area contributed by atoms with E-state index < -0.39 is 0 Å². The van der Waals surface area contributed by atoms with Gasteiger partial charge in [0.25, 0.3) is 0 Å². The Hall–Kier alpha value is -1.06. The number of hydrogen-bond donors (Lipinski definition) is 0. The second-order valence-electron chi connectivity index (χ2n) is 4.77. The van der Waals surface area contributed by atoms with Crippen molar-refractivity contribution in [2.24, 2.45) is 0 Å². The lowest BCUT2D eigenvalue weighted by molar-refractivity contribution is 0.0135. The first kappa shape index (κ1) is 11.1. The van der Waals surface area contributed by atoms with Crippen molar-refractivity contribution in [2.45, 2.75) is 44.2 Å². The van der Waals surface area contributed by atoms with Gasteiger partial charge in [0.15, 0.2) is 0 Å². The van der Waals surface area contributed by atoms with Crippen LogP contribution >= 0.6 is 0 Å². The number of rotatable bonds is 4. The zero-order valence-corrected chi connectivity index (χ0v) is 10.1. The molecular weight excluding hydrogens is 216 g/mol. The lowest BCUT2D eigenvalue weighted by Gasteiger charge is -2.19. The number of benzene rings is 1. The predicted octanol–water partition coefficient (Wildman–Crippen LogP) is 2.53. The van der Waals surface area contributed by atoms with Gasteiger partial charge in [-0.25, -0.2) is 0 Å². The minimum Gasteiger partial charge on any atom is -0.497 e. The summed E-state index contributed by atoms with van der Waals surface area (Å²) in [6, 6.07) is 8.03. The third-order valence-electron chi connectivity index (χ3n) is 3.56. The van der Waals surface area contributed by atoms with E-state index in [1.807, 2.05) is 18.2 Å². The van der Waals surface area contributed by atoms with Gasteiger partial charge >= 0.3 is 0 Å². The Morgan fingerprint density at radius 2 is 2.29 bits per heavy atom. The lowest BCUT2D eigenvalue weighted by Crippen LogP contribution is -2.25. The first-order chi connectivity index (χ1) is 8.36. The molecule has 2 aliphatic rings. The molecule has 2 fully saturated rings.